The smallest absolute Gasteiger partial charge is 0.0144 e. The largest absolute Gasteiger partial charge is 0.329 e. The zero-order valence-corrected chi connectivity index (χ0v) is 9.98. The Balaban J connectivity index is 2.53. The van der Waals surface area contributed by atoms with Crippen molar-refractivity contribution in [2.24, 2.45) is 5.73 Å². The van der Waals surface area contributed by atoms with Gasteiger partial charge in [0.25, 0.3) is 0 Å². The van der Waals surface area contributed by atoms with Crippen LogP contribution in [0, 0.1) is 0 Å². The third kappa shape index (κ3) is 3.56. The number of nitrogens with one attached hydrogen (secondary N) is 2. The van der Waals surface area contributed by atoms with E-state index in [1.165, 1.54) is 12.8 Å². The van der Waals surface area contributed by atoms with Crippen LogP contribution in [-0.4, -0.2) is 30.2 Å². The van der Waals surface area contributed by atoms with Crippen molar-refractivity contribution in [2.45, 2.75) is 57.7 Å². The molecule has 1 saturated heterocycles. The van der Waals surface area contributed by atoms with Crippen LogP contribution in [-0.2, 0) is 0 Å². The van der Waals surface area contributed by atoms with Gasteiger partial charge < -0.3 is 16.4 Å². The summed E-state index contributed by atoms with van der Waals surface area (Å²) in [6.45, 7) is 10.7. The molecule has 0 amide bonds. The first-order valence-electron chi connectivity index (χ1n) is 5.57. The molecule has 1 aliphatic heterocycles. The average Bonchev–Trinajstić information content (AvgIpc) is 1.94. The standard InChI is InChI=1S/C11H25N3/c1-10(2)7-9(13-6-5-12)8-11(3,4)14-10/h9,13-14H,5-8,12H2,1-4H3. The molecule has 1 rings (SSSR count). The summed E-state index contributed by atoms with van der Waals surface area (Å²) in [4.78, 5) is 0. The molecule has 4 N–H and O–H groups in total. The molecule has 3 nitrogen and oxygen atoms in total. The second-order valence-electron chi connectivity index (χ2n) is 5.74. The monoisotopic (exact) mass is 199 g/mol. The Kier molecular flexibility index (Phi) is 3.56. The third-order valence-corrected chi connectivity index (χ3v) is 2.77. The Bertz CT molecular complexity index is 171. The van der Waals surface area contributed by atoms with Crippen molar-refractivity contribution in [1.29, 1.82) is 0 Å². The minimum Gasteiger partial charge on any atom is -0.329 e. The van der Waals surface area contributed by atoms with E-state index in [1.54, 1.807) is 0 Å². The van der Waals surface area contributed by atoms with E-state index >= 15 is 0 Å². The molecule has 0 atom stereocenters. The lowest BCUT2D eigenvalue weighted by Gasteiger charge is -2.46. The first-order chi connectivity index (χ1) is 6.35. The van der Waals surface area contributed by atoms with Gasteiger partial charge in [0.2, 0.25) is 0 Å². The number of hydrogen-bond donors (Lipinski definition) is 3. The van der Waals surface area contributed by atoms with Crippen molar-refractivity contribution in [3.8, 4) is 0 Å². The van der Waals surface area contributed by atoms with Gasteiger partial charge in [0.05, 0.1) is 0 Å². The molecule has 0 aromatic heterocycles. The van der Waals surface area contributed by atoms with Crippen LogP contribution in [0.2, 0.25) is 0 Å². The van der Waals surface area contributed by atoms with Crippen LogP contribution in [0.25, 0.3) is 0 Å². The van der Waals surface area contributed by atoms with Gasteiger partial charge in [-0.15, -0.1) is 0 Å². The van der Waals surface area contributed by atoms with E-state index in [0.717, 1.165) is 13.1 Å². The molecule has 0 aliphatic carbocycles. The maximum absolute atomic E-state index is 5.50. The summed E-state index contributed by atoms with van der Waals surface area (Å²) in [6, 6.07) is 0.602. The molecule has 0 aromatic carbocycles. The van der Waals surface area contributed by atoms with Crippen LogP contribution in [0.15, 0.2) is 0 Å². The van der Waals surface area contributed by atoms with Gasteiger partial charge in [-0.1, -0.05) is 0 Å². The van der Waals surface area contributed by atoms with Gasteiger partial charge >= 0.3 is 0 Å². The highest BCUT2D eigenvalue weighted by Crippen LogP contribution is 2.28. The van der Waals surface area contributed by atoms with E-state index in [1.807, 2.05) is 0 Å². The van der Waals surface area contributed by atoms with Crippen molar-refractivity contribution in [3.63, 3.8) is 0 Å². The van der Waals surface area contributed by atoms with Gasteiger partial charge in [-0.05, 0) is 40.5 Å². The number of piperidine rings is 1. The Hall–Kier alpha value is -0.120. The summed E-state index contributed by atoms with van der Waals surface area (Å²) < 4.78 is 0. The molecule has 0 bridgehead atoms. The maximum Gasteiger partial charge on any atom is 0.0144 e. The quantitative estimate of drug-likeness (QED) is 0.631. The lowest BCUT2D eigenvalue weighted by atomic mass is 9.79. The summed E-state index contributed by atoms with van der Waals surface area (Å²) in [5.74, 6) is 0. The van der Waals surface area contributed by atoms with E-state index in [0.29, 0.717) is 6.04 Å². The van der Waals surface area contributed by atoms with Gasteiger partial charge in [0, 0.05) is 30.2 Å². The molecule has 0 saturated carbocycles. The highest BCUT2D eigenvalue weighted by molar-refractivity contribution is 4.99. The summed E-state index contributed by atoms with van der Waals surface area (Å²) in [6.07, 6.45) is 2.35. The normalized spacial score (nSPS) is 26.4. The summed E-state index contributed by atoms with van der Waals surface area (Å²) in [7, 11) is 0. The zero-order chi connectivity index (χ0) is 10.8. The molecule has 14 heavy (non-hydrogen) atoms. The lowest BCUT2D eigenvalue weighted by molar-refractivity contribution is 0.147. The molecule has 3 heteroatoms. The number of rotatable bonds is 3. The van der Waals surface area contributed by atoms with Crippen LogP contribution >= 0.6 is 0 Å². The van der Waals surface area contributed by atoms with Crippen molar-refractivity contribution >= 4 is 0 Å². The fourth-order valence-corrected chi connectivity index (χ4v) is 2.75. The van der Waals surface area contributed by atoms with Gasteiger partial charge in [0.15, 0.2) is 0 Å². The van der Waals surface area contributed by atoms with Gasteiger partial charge in [0.1, 0.15) is 0 Å². The van der Waals surface area contributed by atoms with E-state index in [-0.39, 0.29) is 11.1 Å². The summed E-state index contributed by atoms with van der Waals surface area (Å²) in [5, 5.41) is 7.18. The summed E-state index contributed by atoms with van der Waals surface area (Å²) >= 11 is 0. The molecular formula is C11H25N3. The highest BCUT2D eigenvalue weighted by atomic mass is 15.1. The molecule has 1 heterocycles. The second-order valence-corrected chi connectivity index (χ2v) is 5.74. The lowest BCUT2D eigenvalue weighted by Crippen LogP contribution is -2.61. The number of hydrogen-bond acceptors (Lipinski definition) is 3. The van der Waals surface area contributed by atoms with Crippen molar-refractivity contribution in [1.82, 2.24) is 10.6 Å². The zero-order valence-electron chi connectivity index (χ0n) is 9.98. The van der Waals surface area contributed by atoms with Crippen molar-refractivity contribution in [2.75, 3.05) is 13.1 Å². The molecule has 1 aliphatic rings. The Morgan fingerprint density at radius 2 is 1.71 bits per heavy atom. The van der Waals surface area contributed by atoms with Crippen molar-refractivity contribution in [3.05, 3.63) is 0 Å². The van der Waals surface area contributed by atoms with Gasteiger partial charge in [-0.25, -0.2) is 0 Å². The topological polar surface area (TPSA) is 50.1 Å². The molecular weight excluding hydrogens is 174 g/mol. The highest BCUT2D eigenvalue weighted by Gasteiger charge is 2.37. The molecule has 84 valence electrons. The first-order valence-corrected chi connectivity index (χ1v) is 5.57. The Morgan fingerprint density at radius 1 is 1.21 bits per heavy atom. The predicted octanol–water partition coefficient (Wildman–Crippen LogP) is 0.844. The molecule has 0 unspecified atom stereocenters. The Labute approximate surface area is 87.8 Å². The minimum absolute atomic E-state index is 0.230. The van der Waals surface area contributed by atoms with E-state index < -0.39 is 0 Å². The molecule has 0 spiro atoms. The minimum atomic E-state index is 0.230. The van der Waals surface area contributed by atoms with Crippen LogP contribution in [0.4, 0.5) is 0 Å². The molecule has 1 fully saturated rings. The predicted molar refractivity (Wildman–Crippen MR) is 61.4 cm³/mol. The van der Waals surface area contributed by atoms with Gasteiger partial charge in [-0.2, -0.15) is 0 Å². The van der Waals surface area contributed by atoms with Gasteiger partial charge in [-0.3, -0.25) is 0 Å². The van der Waals surface area contributed by atoms with Crippen LogP contribution in [0.5, 0.6) is 0 Å². The van der Waals surface area contributed by atoms with E-state index in [9.17, 15) is 0 Å². The maximum atomic E-state index is 5.50. The molecule has 0 radical (unpaired) electrons. The average molecular weight is 199 g/mol. The molecule has 0 aromatic rings. The second kappa shape index (κ2) is 4.17. The van der Waals surface area contributed by atoms with Crippen LogP contribution in [0.3, 0.4) is 0 Å². The van der Waals surface area contributed by atoms with Crippen LogP contribution < -0.4 is 16.4 Å². The SMILES string of the molecule is CC1(C)CC(NCCN)CC(C)(C)N1. The number of nitrogens with two attached hydrogens (primary N) is 1. The fourth-order valence-electron chi connectivity index (χ4n) is 2.75. The van der Waals surface area contributed by atoms with E-state index in [2.05, 4.69) is 38.3 Å². The fraction of sp³-hybridized carbons (Fsp3) is 1.00. The van der Waals surface area contributed by atoms with E-state index in [4.69, 9.17) is 5.73 Å². The first kappa shape index (κ1) is 12.0. The van der Waals surface area contributed by atoms with Crippen molar-refractivity contribution < 1.29 is 0 Å². The Morgan fingerprint density at radius 3 is 2.14 bits per heavy atom. The third-order valence-electron chi connectivity index (χ3n) is 2.77. The summed E-state index contributed by atoms with van der Waals surface area (Å²) in [5.41, 5.74) is 5.96. The van der Waals surface area contributed by atoms with Crippen LogP contribution in [0.1, 0.15) is 40.5 Å².